The summed E-state index contributed by atoms with van der Waals surface area (Å²) in [5, 5.41) is 16.9. The molecule has 4 aromatic rings. The quantitative estimate of drug-likeness (QED) is 0.432. The third kappa shape index (κ3) is 4.00. The maximum atomic E-state index is 13.2. The number of nitrogens with zero attached hydrogens (tertiary/aromatic N) is 4. The number of aliphatic hydroxyl groups is 1. The Balaban J connectivity index is 1.94. The average molecular weight is 435 g/mol. The van der Waals surface area contributed by atoms with Crippen molar-refractivity contribution in [2.75, 3.05) is 6.61 Å². The van der Waals surface area contributed by atoms with E-state index in [1.54, 1.807) is 4.57 Å². The Morgan fingerprint density at radius 2 is 1.78 bits per heavy atom. The van der Waals surface area contributed by atoms with Crippen LogP contribution in [0.2, 0.25) is 0 Å². The predicted octanol–water partition coefficient (Wildman–Crippen LogP) is 3.07. The monoisotopic (exact) mass is 434 g/mol. The molecule has 2 aromatic carbocycles. The lowest BCUT2D eigenvalue weighted by Crippen LogP contribution is -2.39. The van der Waals surface area contributed by atoms with Crippen LogP contribution in [-0.2, 0) is 26.6 Å². The van der Waals surface area contributed by atoms with Gasteiger partial charge in [0.05, 0.1) is 12.2 Å². The van der Waals surface area contributed by atoms with Gasteiger partial charge in [-0.2, -0.15) is 5.10 Å². The molecular formula is C25H30N4O3. The van der Waals surface area contributed by atoms with Gasteiger partial charge in [0.2, 0.25) is 0 Å². The lowest BCUT2D eigenvalue weighted by molar-refractivity contribution is 0.284. The highest BCUT2D eigenvalue weighted by Crippen LogP contribution is 2.23. The summed E-state index contributed by atoms with van der Waals surface area (Å²) in [5.41, 5.74) is 1.72. The molecule has 2 heterocycles. The Bertz CT molecular complexity index is 1370. The Labute approximate surface area is 186 Å². The Kier molecular flexibility index (Phi) is 6.28. The smallest absolute Gasteiger partial charge is 0.332 e. The van der Waals surface area contributed by atoms with E-state index in [1.165, 1.54) is 11.6 Å². The molecule has 0 saturated heterocycles. The molecule has 0 aliphatic carbocycles. The summed E-state index contributed by atoms with van der Waals surface area (Å²) in [6, 6.07) is 14.4. The van der Waals surface area contributed by atoms with Gasteiger partial charge in [-0.1, -0.05) is 56.3 Å². The summed E-state index contributed by atoms with van der Waals surface area (Å²) in [4.78, 5) is 26.1. The molecule has 0 aliphatic heterocycles. The number of aryl methyl sites for hydroxylation is 1. The zero-order valence-electron chi connectivity index (χ0n) is 18.9. The van der Waals surface area contributed by atoms with Gasteiger partial charge in [0.25, 0.3) is 5.56 Å². The minimum Gasteiger partial charge on any atom is -0.396 e. The van der Waals surface area contributed by atoms with Gasteiger partial charge >= 0.3 is 5.69 Å². The van der Waals surface area contributed by atoms with Gasteiger partial charge < -0.3 is 5.11 Å². The van der Waals surface area contributed by atoms with Crippen molar-refractivity contribution in [3.8, 4) is 0 Å². The van der Waals surface area contributed by atoms with E-state index in [0.29, 0.717) is 37.0 Å². The topological polar surface area (TPSA) is 82.0 Å². The van der Waals surface area contributed by atoms with Crippen molar-refractivity contribution in [1.82, 2.24) is 18.9 Å². The van der Waals surface area contributed by atoms with Crippen molar-refractivity contribution in [1.29, 1.82) is 0 Å². The van der Waals surface area contributed by atoms with Crippen LogP contribution in [0, 0.1) is 5.92 Å². The molecule has 4 rings (SSSR count). The van der Waals surface area contributed by atoms with Gasteiger partial charge in [-0.3, -0.25) is 18.6 Å². The normalized spacial score (nSPS) is 11.8. The van der Waals surface area contributed by atoms with E-state index >= 15 is 0 Å². The molecule has 0 saturated carbocycles. The molecule has 168 valence electrons. The van der Waals surface area contributed by atoms with Crippen LogP contribution in [-0.4, -0.2) is 30.6 Å². The summed E-state index contributed by atoms with van der Waals surface area (Å²) < 4.78 is 4.68. The first kappa shape index (κ1) is 22.0. The molecular weight excluding hydrogens is 404 g/mol. The van der Waals surface area contributed by atoms with E-state index in [2.05, 4.69) is 24.3 Å². The minimum absolute atomic E-state index is 0.103. The fraction of sp³-hybridized carbons (Fsp3) is 0.400. The van der Waals surface area contributed by atoms with Crippen molar-refractivity contribution >= 4 is 21.8 Å². The first-order valence-corrected chi connectivity index (χ1v) is 11.2. The third-order valence-corrected chi connectivity index (χ3v) is 5.90. The predicted molar refractivity (Wildman–Crippen MR) is 127 cm³/mol. The van der Waals surface area contributed by atoms with Crippen LogP contribution in [0.5, 0.6) is 0 Å². The molecule has 1 N–H and O–H groups in total. The second kappa shape index (κ2) is 9.12. The van der Waals surface area contributed by atoms with Crippen molar-refractivity contribution in [3.05, 3.63) is 74.6 Å². The number of aliphatic hydroxyl groups excluding tert-OH is 1. The van der Waals surface area contributed by atoms with Crippen molar-refractivity contribution in [3.63, 3.8) is 0 Å². The molecule has 0 spiro atoms. The first-order valence-electron chi connectivity index (χ1n) is 11.2. The maximum Gasteiger partial charge on any atom is 0.332 e. The molecule has 0 amide bonds. The van der Waals surface area contributed by atoms with E-state index < -0.39 is 0 Å². The van der Waals surface area contributed by atoms with Crippen LogP contribution in [0.4, 0.5) is 0 Å². The molecule has 0 fully saturated rings. The van der Waals surface area contributed by atoms with Gasteiger partial charge in [0.1, 0.15) is 5.39 Å². The van der Waals surface area contributed by atoms with Crippen molar-refractivity contribution in [2.24, 2.45) is 13.0 Å². The zero-order chi connectivity index (χ0) is 22.8. The standard InChI is InChI=1S/C25H30N4O3/c1-17(2)15-28-23-22(24(31)27(3)25(28)32)21(13-6-7-14-30)29(26-23)16-19-11-8-10-18-9-4-5-12-20(18)19/h4-5,8-12,17,30H,6-7,13-16H2,1-3H3. The molecule has 0 unspecified atom stereocenters. The second-order valence-electron chi connectivity index (χ2n) is 8.77. The Morgan fingerprint density at radius 3 is 2.53 bits per heavy atom. The van der Waals surface area contributed by atoms with E-state index in [9.17, 15) is 14.7 Å². The lowest BCUT2D eigenvalue weighted by Gasteiger charge is -2.11. The summed E-state index contributed by atoms with van der Waals surface area (Å²) >= 11 is 0. The lowest BCUT2D eigenvalue weighted by atomic mass is 10.0. The first-order chi connectivity index (χ1) is 15.4. The van der Waals surface area contributed by atoms with Crippen LogP contribution in [0.15, 0.2) is 52.1 Å². The number of fused-ring (bicyclic) bond motifs is 2. The van der Waals surface area contributed by atoms with Crippen LogP contribution in [0.1, 0.15) is 37.9 Å². The number of benzene rings is 2. The molecule has 0 atom stereocenters. The van der Waals surface area contributed by atoms with Crippen LogP contribution < -0.4 is 11.2 Å². The fourth-order valence-electron chi connectivity index (χ4n) is 4.33. The van der Waals surface area contributed by atoms with Crippen LogP contribution >= 0.6 is 0 Å². The van der Waals surface area contributed by atoms with E-state index in [-0.39, 0.29) is 23.8 Å². The van der Waals surface area contributed by atoms with E-state index in [4.69, 9.17) is 5.10 Å². The fourth-order valence-corrected chi connectivity index (χ4v) is 4.33. The van der Waals surface area contributed by atoms with Crippen LogP contribution in [0.3, 0.4) is 0 Å². The molecule has 32 heavy (non-hydrogen) atoms. The molecule has 0 radical (unpaired) electrons. The van der Waals surface area contributed by atoms with Crippen molar-refractivity contribution in [2.45, 2.75) is 46.2 Å². The van der Waals surface area contributed by atoms with Gasteiger partial charge in [0.15, 0.2) is 5.65 Å². The van der Waals surface area contributed by atoms with E-state index in [0.717, 1.165) is 28.5 Å². The molecule has 0 aliphatic rings. The van der Waals surface area contributed by atoms with Gasteiger partial charge in [0, 0.05) is 20.2 Å². The summed E-state index contributed by atoms with van der Waals surface area (Å²) in [5.74, 6) is 0.231. The third-order valence-electron chi connectivity index (χ3n) is 5.90. The number of hydrogen-bond donors (Lipinski definition) is 1. The highest BCUT2D eigenvalue weighted by molar-refractivity contribution is 5.85. The molecule has 2 aromatic heterocycles. The van der Waals surface area contributed by atoms with Gasteiger partial charge in [-0.15, -0.1) is 0 Å². The minimum atomic E-state index is -0.340. The largest absolute Gasteiger partial charge is 0.396 e. The number of rotatable bonds is 8. The number of aromatic nitrogens is 4. The highest BCUT2D eigenvalue weighted by Gasteiger charge is 2.21. The average Bonchev–Trinajstić information content (AvgIpc) is 3.13. The Hall–Kier alpha value is -3.19. The maximum absolute atomic E-state index is 13.2. The zero-order valence-corrected chi connectivity index (χ0v) is 18.9. The Morgan fingerprint density at radius 1 is 1.03 bits per heavy atom. The number of unbranched alkanes of at least 4 members (excludes halogenated alkanes) is 1. The molecule has 0 bridgehead atoms. The summed E-state index contributed by atoms with van der Waals surface area (Å²) in [6.07, 6.45) is 1.99. The number of hydrogen-bond acceptors (Lipinski definition) is 4. The highest BCUT2D eigenvalue weighted by atomic mass is 16.3. The van der Waals surface area contributed by atoms with Crippen LogP contribution in [0.25, 0.3) is 21.8 Å². The molecule has 7 nitrogen and oxygen atoms in total. The van der Waals surface area contributed by atoms with Crippen molar-refractivity contribution < 1.29 is 5.11 Å². The molecule has 7 heteroatoms. The summed E-state index contributed by atoms with van der Waals surface area (Å²) in [7, 11) is 1.53. The SMILES string of the molecule is CC(C)Cn1c(=O)n(C)c(=O)c2c(CCCCO)n(Cc3cccc4ccccc34)nc21. The summed E-state index contributed by atoms with van der Waals surface area (Å²) in [6.45, 7) is 5.18. The van der Waals surface area contributed by atoms with Gasteiger partial charge in [-0.05, 0) is 41.5 Å². The second-order valence-corrected chi connectivity index (χ2v) is 8.77. The van der Waals surface area contributed by atoms with E-state index in [1.807, 2.05) is 36.7 Å². The van der Waals surface area contributed by atoms with Gasteiger partial charge in [-0.25, -0.2) is 4.79 Å².